The highest BCUT2D eigenvalue weighted by atomic mass is 16.4. The van der Waals surface area contributed by atoms with Crippen molar-refractivity contribution in [3.8, 4) is 17.2 Å². The minimum Gasteiger partial charge on any atom is -0.508 e. The summed E-state index contributed by atoms with van der Waals surface area (Å²) in [6, 6.07) is 3.39. The molecule has 0 radical (unpaired) electrons. The van der Waals surface area contributed by atoms with Crippen LogP contribution in [-0.2, 0) is 11.2 Å². The van der Waals surface area contributed by atoms with Gasteiger partial charge in [0.25, 0.3) is 0 Å². The Morgan fingerprint density at radius 1 is 1.04 bits per heavy atom. The molecule has 0 saturated heterocycles. The Balaban J connectivity index is 2.01. The summed E-state index contributed by atoms with van der Waals surface area (Å²) in [5.41, 5.74) is 0.307. The summed E-state index contributed by atoms with van der Waals surface area (Å²) >= 11 is 0. The van der Waals surface area contributed by atoms with E-state index in [1.54, 1.807) is 0 Å². The molecule has 5 N–H and O–H groups in total. The van der Waals surface area contributed by atoms with Gasteiger partial charge in [0.15, 0.2) is 0 Å². The number of carboxylic acids is 1. The molecule has 8 heteroatoms. The summed E-state index contributed by atoms with van der Waals surface area (Å²) in [5, 5.41) is 39.8. The molecule has 1 heterocycles. The second-order valence-electron chi connectivity index (χ2n) is 4.78. The van der Waals surface area contributed by atoms with E-state index in [2.05, 4.69) is 10.3 Å². The van der Waals surface area contributed by atoms with Gasteiger partial charge >= 0.3 is 5.97 Å². The lowest BCUT2D eigenvalue weighted by molar-refractivity contribution is -0.116. The van der Waals surface area contributed by atoms with Gasteiger partial charge in [-0.3, -0.25) is 9.78 Å². The van der Waals surface area contributed by atoms with Gasteiger partial charge in [-0.15, -0.1) is 0 Å². The summed E-state index contributed by atoms with van der Waals surface area (Å²) < 4.78 is 0. The van der Waals surface area contributed by atoms with E-state index < -0.39 is 11.9 Å². The number of aromatic carboxylic acids is 1. The number of carbonyl (C=O) groups excluding carboxylic acids is 1. The van der Waals surface area contributed by atoms with Gasteiger partial charge in [-0.1, -0.05) is 0 Å². The fraction of sp³-hybridized carbons (Fsp3) is 0.133. The van der Waals surface area contributed by atoms with Crippen molar-refractivity contribution < 1.29 is 30.0 Å². The quantitative estimate of drug-likeness (QED) is 0.562. The number of benzene rings is 1. The molecule has 0 bridgehead atoms. The average molecular weight is 318 g/mol. The average Bonchev–Trinajstić information content (AvgIpc) is 2.46. The lowest BCUT2D eigenvalue weighted by Gasteiger charge is -2.09. The number of phenols is 3. The maximum Gasteiger partial charge on any atom is 0.337 e. The van der Waals surface area contributed by atoms with Gasteiger partial charge in [-0.25, -0.2) is 4.79 Å². The first kappa shape index (κ1) is 16.1. The lowest BCUT2D eigenvalue weighted by Crippen LogP contribution is -2.13. The van der Waals surface area contributed by atoms with Gasteiger partial charge in [0.05, 0.1) is 17.4 Å². The van der Waals surface area contributed by atoms with Crippen LogP contribution in [0.3, 0.4) is 0 Å². The second kappa shape index (κ2) is 6.65. The molecule has 23 heavy (non-hydrogen) atoms. The van der Waals surface area contributed by atoms with Gasteiger partial charge in [0.1, 0.15) is 17.2 Å². The molecule has 1 aromatic carbocycles. The number of nitrogens with one attached hydrogen (secondary N) is 1. The van der Waals surface area contributed by atoms with Crippen LogP contribution in [0.4, 0.5) is 5.69 Å². The number of aromatic hydroxyl groups is 3. The SMILES string of the molecule is O=C(CCc1c(O)cc(O)cc1O)Nc1cncc(C(=O)O)c1. The van der Waals surface area contributed by atoms with Crippen LogP contribution in [0.2, 0.25) is 0 Å². The number of carboxylic acid groups (broad SMARTS) is 1. The fourth-order valence-corrected chi connectivity index (χ4v) is 1.97. The fourth-order valence-electron chi connectivity index (χ4n) is 1.97. The Labute approximate surface area is 130 Å². The molecule has 0 atom stereocenters. The molecule has 0 aliphatic carbocycles. The highest BCUT2D eigenvalue weighted by Crippen LogP contribution is 2.32. The Morgan fingerprint density at radius 2 is 1.70 bits per heavy atom. The zero-order valence-electron chi connectivity index (χ0n) is 11.9. The Bertz CT molecular complexity index is 736. The number of nitrogens with zero attached hydrogens (tertiary/aromatic N) is 1. The molecule has 1 aromatic heterocycles. The maximum atomic E-state index is 11.9. The van der Waals surface area contributed by atoms with Crippen LogP contribution >= 0.6 is 0 Å². The van der Waals surface area contributed by atoms with Crippen LogP contribution in [-0.4, -0.2) is 37.3 Å². The third kappa shape index (κ3) is 4.10. The number of pyridine rings is 1. The number of aromatic nitrogens is 1. The van der Waals surface area contributed by atoms with Gasteiger partial charge in [-0.05, 0) is 12.5 Å². The largest absolute Gasteiger partial charge is 0.508 e. The van der Waals surface area contributed by atoms with Crippen molar-refractivity contribution in [3.63, 3.8) is 0 Å². The van der Waals surface area contributed by atoms with Crippen molar-refractivity contribution in [2.75, 3.05) is 5.32 Å². The van der Waals surface area contributed by atoms with E-state index in [1.165, 1.54) is 12.3 Å². The topological polar surface area (TPSA) is 140 Å². The summed E-state index contributed by atoms with van der Waals surface area (Å²) in [6.07, 6.45) is 2.43. The van der Waals surface area contributed by atoms with E-state index in [1.807, 2.05) is 0 Å². The van der Waals surface area contributed by atoms with Crippen molar-refractivity contribution >= 4 is 17.6 Å². The molecule has 0 spiro atoms. The molecule has 0 saturated carbocycles. The third-order valence-corrected chi connectivity index (χ3v) is 3.06. The van der Waals surface area contributed by atoms with Crippen molar-refractivity contribution in [2.24, 2.45) is 0 Å². The first-order valence-electron chi connectivity index (χ1n) is 6.59. The first-order valence-corrected chi connectivity index (χ1v) is 6.59. The molecule has 0 unspecified atom stereocenters. The van der Waals surface area contributed by atoms with Crippen LogP contribution in [0.5, 0.6) is 17.2 Å². The summed E-state index contributed by atoms with van der Waals surface area (Å²) in [6.45, 7) is 0. The highest BCUT2D eigenvalue weighted by molar-refractivity contribution is 5.93. The van der Waals surface area contributed by atoms with Crippen molar-refractivity contribution in [1.29, 1.82) is 0 Å². The maximum absolute atomic E-state index is 11.9. The molecular weight excluding hydrogens is 304 g/mol. The number of amides is 1. The number of hydrogen-bond acceptors (Lipinski definition) is 6. The van der Waals surface area contributed by atoms with Gasteiger partial charge in [0.2, 0.25) is 5.91 Å². The normalized spacial score (nSPS) is 10.3. The Hall–Kier alpha value is -3.29. The highest BCUT2D eigenvalue weighted by Gasteiger charge is 2.12. The van der Waals surface area contributed by atoms with Gasteiger partial charge < -0.3 is 25.7 Å². The standard InChI is InChI=1S/C15H14N2O6/c18-10-4-12(19)11(13(20)5-10)1-2-14(21)17-9-3-8(15(22)23)6-16-7-9/h3-7,18-20H,1-2H2,(H,17,21)(H,22,23). The minimum absolute atomic E-state index is 0.0375. The van der Waals surface area contributed by atoms with E-state index in [0.29, 0.717) is 0 Å². The van der Waals surface area contributed by atoms with E-state index in [0.717, 1.165) is 18.3 Å². The zero-order chi connectivity index (χ0) is 17.0. The van der Waals surface area contributed by atoms with Crippen molar-refractivity contribution in [3.05, 3.63) is 41.7 Å². The number of rotatable bonds is 5. The molecule has 0 aliphatic heterocycles. The Morgan fingerprint density at radius 3 is 2.30 bits per heavy atom. The molecular formula is C15H14N2O6. The summed E-state index contributed by atoms with van der Waals surface area (Å²) in [4.78, 5) is 26.4. The molecule has 2 rings (SSSR count). The van der Waals surface area contributed by atoms with Gasteiger partial charge in [-0.2, -0.15) is 0 Å². The predicted molar refractivity (Wildman–Crippen MR) is 79.6 cm³/mol. The summed E-state index contributed by atoms with van der Waals surface area (Å²) in [5.74, 6) is -2.52. The van der Waals surface area contributed by atoms with E-state index >= 15 is 0 Å². The minimum atomic E-state index is -1.16. The van der Waals surface area contributed by atoms with Crippen molar-refractivity contribution in [2.45, 2.75) is 12.8 Å². The third-order valence-electron chi connectivity index (χ3n) is 3.06. The van der Waals surface area contributed by atoms with Crippen LogP contribution in [0.15, 0.2) is 30.6 Å². The Kier molecular flexibility index (Phi) is 4.65. The lowest BCUT2D eigenvalue weighted by atomic mass is 10.1. The molecule has 1 amide bonds. The van der Waals surface area contributed by atoms with E-state index in [9.17, 15) is 24.9 Å². The van der Waals surface area contributed by atoms with E-state index in [-0.39, 0.29) is 46.9 Å². The van der Waals surface area contributed by atoms with Crippen LogP contribution < -0.4 is 5.32 Å². The van der Waals surface area contributed by atoms with E-state index in [4.69, 9.17) is 5.11 Å². The number of phenolic OH excluding ortho intramolecular Hbond substituents is 3. The molecule has 0 aliphatic rings. The molecule has 0 fully saturated rings. The first-order chi connectivity index (χ1) is 10.9. The van der Waals surface area contributed by atoms with Crippen LogP contribution in [0.1, 0.15) is 22.3 Å². The smallest absolute Gasteiger partial charge is 0.337 e. The van der Waals surface area contributed by atoms with Gasteiger partial charge in [0, 0.05) is 30.3 Å². The second-order valence-corrected chi connectivity index (χ2v) is 4.78. The molecule has 8 nitrogen and oxygen atoms in total. The monoisotopic (exact) mass is 318 g/mol. The number of carbonyl (C=O) groups is 2. The number of anilines is 1. The van der Waals surface area contributed by atoms with Crippen molar-refractivity contribution in [1.82, 2.24) is 4.98 Å². The molecule has 120 valence electrons. The summed E-state index contributed by atoms with van der Waals surface area (Å²) in [7, 11) is 0. The zero-order valence-corrected chi connectivity index (χ0v) is 11.9. The number of hydrogen-bond donors (Lipinski definition) is 5. The van der Waals surface area contributed by atoms with Crippen LogP contribution in [0.25, 0.3) is 0 Å². The van der Waals surface area contributed by atoms with Crippen LogP contribution in [0, 0.1) is 0 Å². The predicted octanol–water partition coefficient (Wildman–Crippen LogP) is 1.47. The molecule has 2 aromatic rings.